The fourth-order valence-corrected chi connectivity index (χ4v) is 9.49. The number of carbonyl (C=O) groups is 3. The minimum atomic E-state index is -4.93. The van der Waals surface area contributed by atoms with Crippen molar-refractivity contribution in [3.8, 4) is 0 Å². The molecule has 5 atom stereocenters. The summed E-state index contributed by atoms with van der Waals surface area (Å²) in [6.07, 6.45) is 70.8. The smallest absolute Gasteiger partial charge is 0.463 e. The summed E-state index contributed by atoms with van der Waals surface area (Å²) >= 11 is 0. The van der Waals surface area contributed by atoms with E-state index in [1.54, 1.807) is 0 Å². The van der Waals surface area contributed by atoms with Crippen LogP contribution in [-0.4, -0.2) is 95.9 Å². The summed E-state index contributed by atoms with van der Waals surface area (Å²) in [4.78, 5) is 58.2. The first-order valence-electron chi connectivity index (χ1n) is 32.5. The Kier molecular flexibility index (Phi) is 58.8. The molecule has 0 rings (SSSR count). The van der Waals surface area contributed by atoms with Crippen molar-refractivity contribution in [2.24, 2.45) is 0 Å². The maximum Gasteiger partial charge on any atom is 0.472 e. The van der Waals surface area contributed by atoms with E-state index in [2.05, 4.69) is 154 Å². The Morgan fingerprint density at radius 3 is 1.00 bits per heavy atom. The number of hydrogen-bond acceptors (Lipinski definition) is 14. The molecule has 16 nitrogen and oxygen atoms in total. The maximum absolute atomic E-state index is 12.9. The van der Waals surface area contributed by atoms with Gasteiger partial charge in [0.25, 0.3) is 0 Å². The molecule has 0 heterocycles. The Morgan fingerprint density at radius 1 is 0.333 bits per heavy atom. The summed E-state index contributed by atoms with van der Waals surface area (Å²) in [6.45, 7) is 2.30. The minimum Gasteiger partial charge on any atom is -0.463 e. The Labute approximate surface area is 525 Å². The summed E-state index contributed by atoms with van der Waals surface area (Å²) in [5.74, 6) is -1.66. The highest BCUT2D eigenvalue weighted by molar-refractivity contribution is 7.47. The Bertz CT molecular complexity index is 2120. The molecule has 0 saturated carbocycles. The molecule has 0 aromatic rings. The molecule has 87 heavy (non-hydrogen) atoms. The van der Waals surface area contributed by atoms with E-state index in [1.807, 2.05) is 0 Å². The summed E-state index contributed by atoms with van der Waals surface area (Å²) in [5, 5.41) is 20.5. The van der Waals surface area contributed by atoms with Gasteiger partial charge in [-0.1, -0.05) is 206 Å². The summed E-state index contributed by atoms with van der Waals surface area (Å²) in [6, 6.07) is 0. The highest BCUT2D eigenvalue weighted by atomic mass is 31.2. The van der Waals surface area contributed by atoms with Crippen LogP contribution >= 0.6 is 15.6 Å². The van der Waals surface area contributed by atoms with Gasteiger partial charge in [-0.05, 0) is 135 Å². The zero-order valence-corrected chi connectivity index (χ0v) is 55.2. The van der Waals surface area contributed by atoms with Gasteiger partial charge in [0.2, 0.25) is 0 Å². The van der Waals surface area contributed by atoms with Gasteiger partial charge in [0.05, 0.1) is 26.4 Å². The fraction of sp³-hybridized carbons (Fsp3) is 0.638. The number of phosphoric ester groups is 2. The molecule has 0 aromatic carbocycles. The third kappa shape index (κ3) is 63.1. The first kappa shape index (κ1) is 82.7. The maximum atomic E-state index is 12.9. The van der Waals surface area contributed by atoms with Crippen molar-refractivity contribution < 1.29 is 75.8 Å². The zero-order valence-electron chi connectivity index (χ0n) is 53.4. The molecule has 0 aromatic heterocycles. The van der Waals surface area contributed by atoms with Crippen LogP contribution in [0.2, 0.25) is 0 Å². The second-order valence-electron chi connectivity index (χ2n) is 21.1. The second kappa shape index (κ2) is 61.9. The first-order valence-corrected chi connectivity index (χ1v) is 35.5. The van der Waals surface area contributed by atoms with Crippen LogP contribution in [0, 0.1) is 0 Å². The summed E-state index contributed by atoms with van der Waals surface area (Å²) < 4.78 is 60.7. The van der Waals surface area contributed by atoms with E-state index < -0.39 is 91.5 Å². The topological polar surface area (TPSA) is 231 Å². The van der Waals surface area contributed by atoms with Gasteiger partial charge in [0, 0.05) is 19.3 Å². The van der Waals surface area contributed by atoms with Gasteiger partial charge in [0.1, 0.15) is 25.4 Å². The largest absolute Gasteiger partial charge is 0.472 e. The molecule has 0 radical (unpaired) electrons. The molecular weight excluding hydrogens is 1150 g/mol. The van der Waals surface area contributed by atoms with Crippen LogP contribution in [0.4, 0.5) is 0 Å². The van der Waals surface area contributed by atoms with Crippen LogP contribution in [0.15, 0.2) is 134 Å². The van der Waals surface area contributed by atoms with Gasteiger partial charge < -0.3 is 34.2 Å². The van der Waals surface area contributed by atoms with E-state index in [4.69, 9.17) is 32.3 Å². The monoisotopic (exact) mass is 1260 g/mol. The van der Waals surface area contributed by atoms with Crippen molar-refractivity contribution in [2.45, 2.75) is 245 Å². The van der Waals surface area contributed by atoms with E-state index >= 15 is 0 Å². The molecule has 0 aliphatic carbocycles. The Balaban J connectivity index is 4.71. The number of rotatable bonds is 60. The Hall–Kier alpha value is -4.31. The quantitative estimate of drug-likeness (QED) is 0.0146. The van der Waals surface area contributed by atoms with E-state index in [0.29, 0.717) is 19.3 Å². The second-order valence-corrected chi connectivity index (χ2v) is 24.1. The predicted molar refractivity (Wildman–Crippen MR) is 353 cm³/mol. The van der Waals surface area contributed by atoms with Crippen LogP contribution in [0.25, 0.3) is 0 Å². The molecular formula is C69H114O16P2. The SMILES string of the molecule is CC/C=C\C/C=C\C/C=C\C/C=C\C/C=C\C/C=C\CCCCC(=O)OCC(O)COP(=O)(O)OCC(O)COP(=O)(O)OCC(COC(=O)CCCCCC/C=C\C/C=C\C/C=C\C/C=C\CC)OC(=O)CCCCCCC/C=C\CCCCCC. The zero-order chi connectivity index (χ0) is 63.8. The molecule has 0 amide bonds. The van der Waals surface area contributed by atoms with E-state index in [9.17, 15) is 43.5 Å². The highest BCUT2D eigenvalue weighted by Gasteiger charge is 2.29. The van der Waals surface area contributed by atoms with Crippen molar-refractivity contribution in [2.75, 3.05) is 39.6 Å². The average Bonchev–Trinajstić information content (AvgIpc) is 3.69. The number of unbranched alkanes of at least 4 members (excludes halogenated alkanes) is 15. The number of ether oxygens (including phenoxy) is 3. The fourth-order valence-electron chi connectivity index (χ4n) is 7.91. The number of allylic oxidation sites excluding steroid dienone is 22. The normalized spacial score (nSPS) is 15.2. The van der Waals surface area contributed by atoms with Crippen LogP contribution in [0.5, 0.6) is 0 Å². The van der Waals surface area contributed by atoms with Gasteiger partial charge in [-0.3, -0.25) is 32.5 Å². The first-order chi connectivity index (χ1) is 42.2. The highest BCUT2D eigenvalue weighted by Crippen LogP contribution is 2.45. The van der Waals surface area contributed by atoms with Crippen molar-refractivity contribution in [1.29, 1.82) is 0 Å². The van der Waals surface area contributed by atoms with Crippen molar-refractivity contribution in [3.05, 3.63) is 134 Å². The third-order valence-electron chi connectivity index (χ3n) is 12.8. The third-order valence-corrected chi connectivity index (χ3v) is 14.7. The van der Waals surface area contributed by atoms with Crippen LogP contribution < -0.4 is 0 Å². The number of aliphatic hydroxyl groups excluding tert-OH is 2. The summed E-state index contributed by atoms with van der Waals surface area (Å²) in [7, 11) is -9.80. The lowest BCUT2D eigenvalue weighted by Crippen LogP contribution is -2.30. The van der Waals surface area contributed by atoms with E-state index in [0.717, 1.165) is 141 Å². The number of carbonyl (C=O) groups excluding carboxylic acids is 3. The molecule has 18 heteroatoms. The number of aliphatic hydroxyl groups is 2. The Morgan fingerprint density at radius 2 is 0.609 bits per heavy atom. The van der Waals surface area contributed by atoms with Gasteiger partial charge in [-0.25, -0.2) is 9.13 Å². The van der Waals surface area contributed by atoms with E-state index in [1.165, 1.54) is 25.7 Å². The lowest BCUT2D eigenvalue weighted by molar-refractivity contribution is -0.161. The molecule has 0 bridgehead atoms. The number of esters is 3. The van der Waals surface area contributed by atoms with Gasteiger partial charge in [0.15, 0.2) is 6.10 Å². The van der Waals surface area contributed by atoms with Gasteiger partial charge in [-0.15, -0.1) is 0 Å². The van der Waals surface area contributed by atoms with Crippen molar-refractivity contribution >= 4 is 33.6 Å². The lowest BCUT2D eigenvalue weighted by atomic mass is 10.1. The van der Waals surface area contributed by atoms with Crippen LogP contribution in [0.3, 0.4) is 0 Å². The molecule has 496 valence electrons. The molecule has 0 aliphatic heterocycles. The molecule has 0 aliphatic rings. The van der Waals surface area contributed by atoms with Gasteiger partial charge in [-0.2, -0.15) is 0 Å². The number of hydrogen-bond donors (Lipinski definition) is 4. The predicted octanol–water partition coefficient (Wildman–Crippen LogP) is 17.6. The van der Waals surface area contributed by atoms with Crippen molar-refractivity contribution in [1.82, 2.24) is 0 Å². The lowest BCUT2D eigenvalue weighted by Gasteiger charge is -2.21. The molecule has 0 saturated heterocycles. The summed E-state index contributed by atoms with van der Waals surface area (Å²) in [5.41, 5.74) is 0. The standard InChI is InChI=1S/C69H114O16P2/c1-4-7-10-13-16-19-22-25-27-29-30-31-32-34-36-38-40-43-46-49-52-55-67(72)79-58-64(70)59-81-86(75,76)82-60-65(71)61-83-87(77,78)84-63-66(85-69(74)57-54-51-48-45-42-37-24-21-18-15-12-9-6-3)62-80-68(73)56-53-50-47-44-41-39-35-33-28-26-23-20-17-14-11-8-5-2/h7-8,10-11,16-17,19-21,24-28,30-31,34-36,39-40,43,64-66,70-71H,4-6,9,12-15,18,22-23,29,32-33,37-38,41-42,44-63H2,1-3H3,(H,75,76)(H,77,78)/b10-7-,11-8-,19-16-,20-17-,24-21-,27-25-,28-26-,31-30-,36-34-,39-35-,43-40-. The molecule has 0 fully saturated rings. The minimum absolute atomic E-state index is 0.0840. The number of phosphoric acid groups is 2. The van der Waals surface area contributed by atoms with Crippen LogP contribution in [0.1, 0.15) is 226 Å². The van der Waals surface area contributed by atoms with Crippen LogP contribution in [-0.2, 0) is 55.8 Å². The van der Waals surface area contributed by atoms with Crippen molar-refractivity contribution in [3.63, 3.8) is 0 Å². The molecule has 5 unspecified atom stereocenters. The molecule has 0 spiro atoms. The average molecular weight is 1260 g/mol. The van der Waals surface area contributed by atoms with E-state index in [-0.39, 0.29) is 19.3 Å². The molecule has 4 N–H and O–H groups in total. The van der Waals surface area contributed by atoms with Gasteiger partial charge >= 0.3 is 33.6 Å².